The Morgan fingerprint density at radius 3 is 2.65 bits per heavy atom. The number of aromatic nitrogens is 1. The summed E-state index contributed by atoms with van der Waals surface area (Å²) in [5.74, 6) is 0.913. The first-order chi connectivity index (χ1) is 12.4. The Bertz CT molecular complexity index is 774. The first-order valence-corrected chi connectivity index (χ1v) is 9.19. The predicted octanol–water partition coefficient (Wildman–Crippen LogP) is 3.88. The highest BCUT2D eigenvalue weighted by molar-refractivity contribution is 7.17. The van der Waals surface area contributed by atoms with Crippen molar-refractivity contribution >= 4 is 34.1 Å². The molecule has 1 aromatic carbocycles. The first-order valence-electron chi connectivity index (χ1n) is 8.37. The van der Waals surface area contributed by atoms with E-state index in [1.165, 1.54) is 7.11 Å². The minimum Gasteiger partial charge on any atom is -0.495 e. The molecule has 1 heterocycles. The van der Waals surface area contributed by atoms with Crippen LogP contribution in [0, 0.1) is 12.8 Å². The van der Waals surface area contributed by atoms with Gasteiger partial charge in [0.1, 0.15) is 10.6 Å². The highest BCUT2D eigenvalue weighted by Gasteiger charge is 2.17. The third-order valence-electron chi connectivity index (χ3n) is 3.59. The summed E-state index contributed by atoms with van der Waals surface area (Å²) in [6.45, 7) is 6.57. The number of urea groups is 1. The smallest absolute Gasteiger partial charge is 0.325 e. The maximum atomic E-state index is 12.2. The van der Waals surface area contributed by atoms with Crippen LogP contribution in [0.5, 0.6) is 5.75 Å². The molecular weight excluding hydrogens is 352 g/mol. The molecule has 0 aliphatic heterocycles. The number of nitrogens with zero attached hydrogens (tertiary/aromatic N) is 1. The summed E-state index contributed by atoms with van der Waals surface area (Å²) in [5.41, 5.74) is 1.14. The summed E-state index contributed by atoms with van der Waals surface area (Å²) < 4.78 is 5.20. The van der Waals surface area contributed by atoms with Crippen LogP contribution >= 0.6 is 11.3 Å². The van der Waals surface area contributed by atoms with E-state index in [1.54, 1.807) is 25.1 Å². The van der Waals surface area contributed by atoms with Crippen LogP contribution in [-0.4, -0.2) is 30.6 Å². The lowest BCUT2D eigenvalue weighted by atomic mass is 10.1. The van der Waals surface area contributed by atoms with Crippen LogP contribution in [0.4, 0.5) is 15.6 Å². The number of para-hydroxylation sites is 2. The molecule has 8 heteroatoms. The van der Waals surface area contributed by atoms with Gasteiger partial charge in [-0.05, 0) is 31.4 Å². The van der Waals surface area contributed by atoms with Crippen molar-refractivity contribution in [3.05, 3.63) is 34.8 Å². The Labute approximate surface area is 157 Å². The predicted molar refractivity (Wildman–Crippen MR) is 104 cm³/mol. The summed E-state index contributed by atoms with van der Waals surface area (Å²) in [7, 11) is 1.53. The topological polar surface area (TPSA) is 92.3 Å². The fraction of sp³-hybridized carbons (Fsp3) is 0.389. The number of nitrogens with one attached hydrogen (secondary N) is 3. The van der Waals surface area contributed by atoms with Crippen LogP contribution in [0.25, 0.3) is 0 Å². The number of hydrogen-bond acceptors (Lipinski definition) is 5. The summed E-state index contributed by atoms with van der Waals surface area (Å²) in [4.78, 5) is 29.2. The van der Waals surface area contributed by atoms with Crippen molar-refractivity contribution in [2.24, 2.45) is 5.92 Å². The molecular formula is C18H24N4O3S. The second-order valence-electron chi connectivity index (χ2n) is 6.15. The van der Waals surface area contributed by atoms with Crippen molar-refractivity contribution in [3.63, 3.8) is 0 Å². The highest BCUT2D eigenvalue weighted by Crippen LogP contribution is 2.25. The number of ether oxygens (including phenoxy) is 1. The zero-order chi connectivity index (χ0) is 19.1. The van der Waals surface area contributed by atoms with Crippen molar-refractivity contribution in [3.8, 4) is 5.75 Å². The average Bonchev–Trinajstić information content (AvgIpc) is 2.95. The third kappa shape index (κ3) is 5.45. The van der Waals surface area contributed by atoms with Crippen LogP contribution in [0.2, 0.25) is 0 Å². The summed E-state index contributed by atoms with van der Waals surface area (Å²) in [6.07, 6.45) is 0.913. The van der Waals surface area contributed by atoms with Gasteiger partial charge in [-0.2, -0.15) is 0 Å². The largest absolute Gasteiger partial charge is 0.495 e. The average molecular weight is 376 g/mol. The second kappa shape index (κ2) is 9.19. The molecule has 0 saturated carbocycles. The van der Waals surface area contributed by atoms with E-state index in [-0.39, 0.29) is 5.91 Å². The molecule has 3 N–H and O–H groups in total. The summed E-state index contributed by atoms with van der Waals surface area (Å²) in [5, 5.41) is 8.60. The van der Waals surface area contributed by atoms with Gasteiger partial charge in [-0.25, -0.2) is 9.78 Å². The molecule has 0 fully saturated rings. The molecule has 140 valence electrons. The number of amides is 3. The van der Waals surface area contributed by atoms with Gasteiger partial charge in [-0.15, -0.1) is 0 Å². The minimum atomic E-state index is -0.449. The lowest BCUT2D eigenvalue weighted by molar-refractivity contribution is 0.0955. The maximum absolute atomic E-state index is 12.2. The summed E-state index contributed by atoms with van der Waals surface area (Å²) >= 11 is 1.15. The van der Waals surface area contributed by atoms with Gasteiger partial charge < -0.3 is 15.4 Å². The molecule has 2 rings (SSSR count). The number of benzene rings is 1. The number of carbonyl (C=O) groups excluding carboxylic acids is 2. The molecule has 0 spiro atoms. The van der Waals surface area contributed by atoms with E-state index in [1.807, 2.05) is 6.07 Å². The Kier molecular flexibility index (Phi) is 6.97. The van der Waals surface area contributed by atoms with Gasteiger partial charge in [0, 0.05) is 6.54 Å². The maximum Gasteiger partial charge on any atom is 0.325 e. The fourth-order valence-corrected chi connectivity index (χ4v) is 3.09. The monoisotopic (exact) mass is 376 g/mol. The summed E-state index contributed by atoms with van der Waals surface area (Å²) in [6, 6.07) is 6.65. The van der Waals surface area contributed by atoms with Crippen molar-refractivity contribution < 1.29 is 14.3 Å². The van der Waals surface area contributed by atoms with Gasteiger partial charge in [-0.1, -0.05) is 37.3 Å². The van der Waals surface area contributed by atoms with Crippen molar-refractivity contribution in [1.29, 1.82) is 0 Å². The van der Waals surface area contributed by atoms with Gasteiger partial charge in [0.15, 0.2) is 5.13 Å². The van der Waals surface area contributed by atoms with Crippen LogP contribution in [0.15, 0.2) is 24.3 Å². The Balaban J connectivity index is 1.97. The molecule has 0 bridgehead atoms. The molecule has 7 nitrogen and oxygen atoms in total. The van der Waals surface area contributed by atoms with Gasteiger partial charge >= 0.3 is 6.03 Å². The molecule has 0 atom stereocenters. The SMILES string of the molecule is COc1ccccc1NC(=O)Nc1nc(C)c(C(=O)NCCC(C)C)s1. The van der Waals surface area contributed by atoms with Crippen LogP contribution in [-0.2, 0) is 0 Å². The van der Waals surface area contributed by atoms with E-state index in [2.05, 4.69) is 34.8 Å². The molecule has 0 radical (unpaired) electrons. The van der Waals surface area contributed by atoms with E-state index in [0.29, 0.717) is 39.6 Å². The Morgan fingerprint density at radius 1 is 1.23 bits per heavy atom. The zero-order valence-corrected chi connectivity index (χ0v) is 16.2. The number of hydrogen-bond donors (Lipinski definition) is 3. The fourth-order valence-electron chi connectivity index (χ4n) is 2.21. The van der Waals surface area contributed by atoms with Crippen molar-refractivity contribution in [2.45, 2.75) is 27.2 Å². The van der Waals surface area contributed by atoms with E-state index in [4.69, 9.17) is 4.74 Å². The van der Waals surface area contributed by atoms with E-state index < -0.39 is 6.03 Å². The standard InChI is InChI=1S/C18H24N4O3S/c1-11(2)9-10-19-16(23)15-12(3)20-18(26-15)22-17(24)21-13-7-5-6-8-14(13)25-4/h5-8,11H,9-10H2,1-4H3,(H,19,23)(H2,20,21,22,24). The molecule has 0 aliphatic carbocycles. The minimum absolute atomic E-state index is 0.168. The Morgan fingerprint density at radius 2 is 1.96 bits per heavy atom. The molecule has 0 saturated heterocycles. The molecule has 1 aromatic heterocycles. The van der Waals surface area contributed by atoms with Crippen molar-refractivity contribution in [1.82, 2.24) is 10.3 Å². The molecule has 0 aliphatic rings. The molecule has 3 amide bonds. The quantitative estimate of drug-likeness (QED) is 0.684. The van der Waals surface area contributed by atoms with Crippen LogP contribution in [0.3, 0.4) is 0 Å². The van der Waals surface area contributed by atoms with E-state index in [9.17, 15) is 9.59 Å². The number of thiazole rings is 1. The third-order valence-corrected chi connectivity index (χ3v) is 4.66. The van der Waals surface area contributed by atoms with Crippen LogP contribution < -0.4 is 20.7 Å². The number of rotatable bonds is 7. The zero-order valence-electron chi connectivity index (χ0n) is 15.4. The van der Waals surface area contributed by atoms with Gasteiger partial charge in [0.2, 0.25) is 0 Å². The molecule has 0 unspecified atom stereocenters. The van der Waals surface area contributed by atoms with Gasteiger partial charge in [0.25, 0.3) is 5.91 Å². The number of aryl methyl sites for hydroxylation is 1. The highest BCUT2D eigenvalue weighted by atomic mass is 32.1. The first kappa shape index (κ1) is 19.7. The lowest BCUT2D eigenvalue weighted by Crippen LogP contribution is -2.25. The van der Waals surface area contributed by atoms with Gasteiger partial charge in [0.05, 0.1) is 18.5 Å². The number of methoxy groups -OCH3 is 1. The normalized spacial score (nSPS) is 10.5. The Hall–Kier alpha value is -2.61. The van der Waals surface area contributed by atoms with Crippen molar-refractivity contribution in [2.75, 3.05) is 24.3 Å². The second-order valence-corrected chi connectivity index (χ2v) is 7.15. The van der Waals surface area contributed by atoms with Gasteiger partial charge in [-0.3, -0.25) is 10.1 Å². The van der Waals surface area contributed by atoms with Crippen LogP contribution in [0.1, 0.15) is 35.6 Å². The van der Waals surface area contributed by atoms with E-state index in [0.717, 1.165) is 17.8 Å². The lowest BCUT2D eigenvalue weighted by Gasteiger charge is -2.09. The molecule has 2 aromatic rings. The molecule has 26 heavy (non-hydrogen) atoms. The number of anilines is 2. The van der Waals surface area contributed by atoms with E-state index >= 15 is 0 Å². The number of carbonyl (C=O) groups is 2.